The van der Waals surface area contributed by atoms with E-state index in [1.165, 1.54) is 14.2 Å². The van der Waals surface area contributed by atoms with Crippen molar-refractivity contribution in [2.75, 3.05) is 20.8 Å². The predicted octanol–water partition coefficient (Wildman–Crippen LogP) is 0.620. The highest BCUT2D eigenvalue weighted by Crippen LogP contribution is 2.15. The highest BCUT2D eigenvalue weighted by molar-refractivity contribution is 5.87. The molecule has 0 heterocycles. The zero-order valence-electron chi connectivity index (χ0n) is 12.0. The summed E-state index contributed by atoms with van der Waals surface area (Å²) >= 11 is 0. The minimum absolute atomic E-state index is 0. The third-order valence-electron chi connectivity index (χ3n) is 2.81. The van der Waals surface area contributed by atoms with Crippen LogP contribution in [0.5, 0.6) is 0 Å². The van der Waals surface area contributed by atoms with Gasteiger partial charge in [-0.05, 0) is 13.3 Å². The second-order valence-corrected chi connectivity index (χ2v) is 4.42. The van der Waals surface area contributed by atoms with E-state index in [9.17, 15) is 9.59 Å². The van der Waals surface area contributed by atoms with Gasteiger partial charge in [0.15, 0.2) is 0 Å². The fourth-order valence-corrected chi connectivity index (χ4v) is 1.77. The normalized spacial score (nSPS) is 14.8. The first-order chi connectivity index (χ1) is 8.43. The Morgan fingerprint density at radius 1 is 1.37 bits per heavy atom. The maximum Gasteiger partial charge on any atom is 0.331 e. The second kappa shape index (κ2) is 10.00. The van der Waals surface area contributed by atoms with Crippen LogP contribution in [-0.2, 0) is 19.1 Å². The molecule has 2 unspecified atom stereocenters. The molecular formula is C12H25ClN2O4. The van der Waals surface area contributed by atoms with E-state index < -0.39 is 11.5 Å². The highest BCUT2D eigenvalue weighted by atomic mass is 35.5. The van der Waals surface area contributed by atoms with Crippen LogP contribution in [0.4, 0.5) is 0 Å². The number of amides is 1. The average molecular weight is 297 g/mol. The van der Waals surface area contributed by atoms with Crippen molar-refractivity contribution in [2.45, 2.75) is 44.8 Å². The fraction of sp³-hybridized carbons (Fsp3) is 0.833. The van der Waals surface area contributed by atoms with Crippen LogP contribution in [-0.4, -0.2) is 44.3 Å². The number of esters is 1. The summed E-state index contributed by atoms with van der Waals surface area (Å²) in [4.78, 5) is 23.5. The topological polar surface area (TPSA) is 90.7 Å². The van der Waals surface area contributed by atoms with E-state index >= 15 is 0 Å². The van der Waals surface area contributed by atoms with E-state index in [1.54, 1.807) is 6.92 Å². The Morgan fingerprint density at radius 2 is 1.95 bits per heavy atom. The number of halogens is 1. The van der Waals surface area contributed by atoms with Crippen molar-refractivity contribution in [3.8, 4) is 0 Å². The van der Waals surface area contributed by atoms with Crippen molar-refractivity contribution < 1.29 is 19.1 Å². The molecule has 7 heteroatoms. The molecule has 0 aliphatic rings. The molecule has 114 valence electrons. The summed E-state index contributed by atoms with van der Waals surface area (Å²) < 4.78 is 9.75. The number of methoxy groups -OCH3 is 2. The Bertz CT molecular complexity index is 285. The molecule has 0 aromatic rings. The second-order valence-electron chi connectivity index (χ2n) is 4.42. The first-order valence-electron chi connectivity index (χ1n) is 6.05. The van der Waals surface area contributed by atoms with Crippen LogP contribution in [0.1, 0.15) is 33.1 Å². The van der Waals surface area contributed by atoms with Crippen LogP contribution in [0, 0.1) is 0 Å². The van der Waals surface area contributed by atoms with Gasteiger partial charge in [0, 0.05) is 13.7 Å². The summed E-state index contributed by atoms with van der Waals surface area (Å²) in [5, 5.41) is 2.70. The molecule has 0 aromatic heterocycles. The quantitative estimate of drug-likeness (QED) is 0.641. The zero-order valence-corrected chi connectivity index (χ0v) is 12.8. The molecule has 0 rings (SSSR count). The minimum atomic E-state index is -0.993. The van der Waals surface area contributed by atoms with Crippen molar-refractivity contribution in [2.24, 2.45) is 5.73 Å². The van der Waals surface area contributed by atoms with Gasteiger partial charge in [-0.2, -0.15) is 0 Å². The summed E-state index contributed by atoms with van der Waals surface area (Å²) in [5.41, 5.74) is 4.45. The Hall–Kier alpha value is -0.850. The number of carbonyl (C=O) groups excluding carboxylic acids is 2. The first-order valence-corrected chi connectivity index (χ1v) is 6.05. The number of carbonyl (C=O) groups is 2. The smallest absolute Gasteiger partial charge is 0.331 e. The standard InChI is InChI=1S/C12H24N2O4.ClH/c1-5-6-12(2,11(16)18-4)14-10(15)7-9(8-13)17-3;/h9H,5-8,13H2,1-4H3,(H,14,15);1H. The molecule has 0 aliphatic carbocycles. The van der Waals surface area contributed by atoms with Gasteiger partial charge in [0.1, 0.15) is 5.54 Å². The Kier molecular flexibility index (Phi) is 10.8. The molecule has 0 fully saturated rings. The lowest BCUT2D eigenvalue weighted by Crippen LogP contribution is -2.53. The number of nitrogens with two attached hydrogens (primary N) is 1. The number of rotatable bonds is 8. The van der Waals surface area contributed by atoms with Crippen molar-refractivity contribution >= 4 is 24.3 Å². The van der Waals surface area contributed by atoms with Gasteiger partial charge in [-0.1, -0.05) is 13.3 Å². The molecule has 19 heavy (non-hydrogen) atoms. The third kappa shape index (κ3) is 6.75. The Morgan fingerprint density at radius 3 is 2.32 bits per heavy atom. The van der Waals surface area contributed by atoms with Crippen LogP contribution < -0.4 is 11.1 Å². The molecule has 3 N–H and O–H groups in total. The van der Waals surface area contributed by atoms with Crippen LogP contribution in [0.15, 0.2) is 0 Å². The number of hydrogen-bond donors (Lipinski definition) is 2. The predicted molar refractivity (Wildman–Crippen MR) is 75.2 cm³/mol. The maximum absolute atomic E-state index is 11.8. The lowest BCUT2D eigenvalue weighted by atomic mass is 9.96. The monoisotopic (exact) mass is 296 g/mol. The molecular weight excluding hydrogens is 272 g/mol. The van der Waals surface area contributed by atoms with Crippen molar-refractivity contribution in [3.05, 3.63) is 0 Å². The van der Waals surface area contributed by atoms with Gasteiger partial charge in [0.2, 0.25) is 5.91 Å². The maximum atomic E-state index is 11.8. The molecule has 2 atom stereocenters. The Balaban J connectivity index is 0. The van der Waals surface area contributed by atoms with Crippen LogP contribution in [0.25, 0.3) is 0 Å². The van der Waals surface area contributed by atoms with E-state index in [-0.39, 0.29) is 37.4 Å². The van der Waals surface area contributed by atoms with Crippen molar-refractivity contribution in [3.63, 3.8) is 0 Å². The SMILES string of the molecule is CCCC(C)(NC(=O)CC(CN)OC)C(=O)OC.Cl. The van der Waals surface area contributed by atoms with Gasteiger partial charge in [-0.25, -0.2) is 4.79 Å². The number of nitrogens with one attached hydrogen (secondary N) is 1. The lowest BCUT2D eigenvalue weighted by Gasteiger charge is -2.28. The molecule has 0 saturated heterocycles. The molecule has 0 bridgehead atoms. The highest BCUT2D eigenvalue weighted by Gasteiger charge is 2.35. The lowest BCUT2D eigenvalue weighted by molar-refractivity contribution is -0.150. The van der Waals surface area contributed by atoms with Crippen LogP contribution >= 0.6 is 12.4 Å². The summed E-state index contributed by atoms with van der Waals surface area (Å²) in [6.45, 7) is 3.85. The minimum Gasteiger partial charge on any atom is -0.467 e. The van der Waals surface area contributed by atoms with E-state index in [4.69, 9.17) is 15.2 Å². The molecule has 0 radical (unpaired) electrons. The van der Waals surface area contributed by atoms with Gasteiger partial charge < -0.3 is 20.5 Å². The van der Waals surface area contributed by atoms with Gasteiger partial charge in [0.05, 0.1) is 19.6 Å². The average Bonchev–Trinajstić information content (AvgIpc) is 2.34. The summed E-state index contributed by atoms with van der Waals surface area (Å²) in [5.74, 6) is -0.715. The molecule has 0 spiro atoms. The molecule has 0 saturated carbocycles. The van der Waals surface area contributed by atoms with E-state index in [1.807, 2.05) is 6.92 Å². The van der Waals surface area contributed by atoms with Crippen molar-refractivity contribution in [1.82, 2.24) is 5.32 Å². The fourth-order valence-electron chi connectivity index (χ4n) is 1.77. The zero-order chi connectivity index (χ0) is 14.2. The molecule has 0 aromatic carbocycles. The molecule has 1 amide bonds. The molecule has 6 nitrogen and oxygen atoms in total. The van der Waals surface area contributed by atoms with Crippen LogP contribution in [0.2, 0.25) is 0 Å². The number of ether oxygens (including phenoxy) is 2. The molecule has 0 aliphatic heterocycles. The first kappa shape index (κ1) is 20.5. The summed E-state index contributed by atoms with van der Waals surface area (Å²) in [6.07, 6.45) is 1.07. The van der Waals surface area contributed by atoms with Gasteiger partial charge in [0.25, 0.3) is 0 Å². The largest absolute Gasteiger partial charge is 0.467 e. The summed E-state index contributed by atoms with van der Waals surface area (Å²) in [7, 11) is 2.80. The van der Waals surface area contributed by atoms with Crippen molar-refractivity contribution in [1.29, 1.82) is 0 Å². The summed E-state index contributed by atoms with van der Waals surface area (Å²) in [6, 6.07) is 0. The van der Waals surface area contributed by atoms with Crippen LogP contribution in [0.3, 0.4) is 0 Å². The van der Waals surface area contributed by atoms with Gasteiger partial charge >= 0.3 is 5.97 Å². The van der Waals surface area contributed by atoms with E-state index in [2.05, 4.69) is 5.32 Å². The third-order valence-corrected chi connectivity index (χ3v) is 2.81. The van der Waals surface area contributed by atoms with E-state index in [0.717, 1.165) is 6.42 Å². The number of hydrogen-bond acceptors (Lipinski definition) is 5. The van der Waals surface area contributed by atoms with Gasteiger partial charge in [-0.15, -0.1) is 12.4 Å². The van der Waals surface area contributed by atoms with E-state index in [0.29, 0.717) is 6.42 Å². The van der Waals surface area contributed by atoms with Gasteiger partial charge in [-0.3, -0.25) is 4.79 Å². The Labute approximate surface area is 120 Å².